The maximum Gasteiger partial charge on any atom is 0.488 e. The molecule has 3 rings (SSSR count). The van der Waals surface area contributed by atoms with Gasteiger partial charge in [0.25, 0.3) is 5.91 Å². The van der Waals surface area contributed by atoms with Gasteiger partial charge in [0.1, 0.15) is 12.4 Å². The van der Waals surface area contributed by atoms with Crippen LogP contribution in [-0.2, 0) is 6.61 Å². The van der Waals surface area contributed by atoms with Gasteiger partial charge in [-0.1, -0.05) is 48.5 Å². The zero-order chi connectivity index (χ0) is 18.4. The van der Waals surface area contributed by atoms with Crippen LogP contribution >= 0.6 is 0 Å². The second-order valence-electron chi connectivity index (χ2n) is 5.76. The Morgan fingerprint density at radius 1 is 0.923 bits per heavy atom. The maximum absolute atomic E-state index is 12.4. The monoisotopic (exact) mass is 347 g/mol. The summed E-state index contributed by atoms with van der Waals surface area (Å²) in [6, 6.07) is 23.1. The third-order valence-corrected chi connectivity index (χ3v) is 3.79. The van der Waals surface area contributed by atoms with E-state index in [9.17, 15) is 14.8 Å². The number of rotatable bonds is 6. The molecule has 0 atom stereocenters. The molecule has 3 N–H and O–H groups in total. The van der Waals surface area contributed by atoms with E-state index in [4.69, 9.17) is 4.74 Å². The van der Waals surface area contributed by atoms with E-state index in [1.807, 2.05) is 30.3 Å². The van der Waals surface area contributed by atoms with Crippen LogP contribution < -0.4 is 15.5 Å². The number of hydrogen-bond acceptors (Lipinski definition) is 4. The molecule has 5 nitrogen and oxygen atoms in total. The van der Waals surface area contributed by atoms with Crippen molar-refractivity contribution in [2.75, 3.05) is 5.32 Å². The zero-order valence-electron chi connectivity index (χ0n) is 14.0. The van der Waals surface area contributed by atoms with Gasteiger partial charge in [-0.3, -0.25) is 4.79 Å². The summed E-state index contributed by atoms with van der Waals surface area (Å²) in [6.45, 7) is 0.419. The zero-order valence-corrected chi connectivity index (χ0v) is 14.0. The lowest BCUT2D eigenvalue weighted by Gasteiger charge is -2.10. The first-order valence-corrected chi connectivity index (χ1v) is 8.16. The van der Waals surface area contributed by atoms with E-state index < -0.39 is 7.12 Å². The van der Waals surface area contributed by atoms with Gasteiger partial charge < -0.3 is 20.1 Å². The molecule has 0 aliphatic heterocycles. The molecule has 0 radical (unpaired) electrons. The SMILES string of the molecule is O=C(Nc1cccc(B(O)O)c1)c1cccc(OCc2ccccc2)c1. The van der Waals surface area contributed by atoms with Gasteiger partial charge in [-0.05, 0) is 41.4 Å². The second-order valence-corrected chi connectivity index (χ2v) is 5.76. The Bertz CT molecular complexity index is 884. The molecule has 3 aromatic carbocycles. The Morgan fingerprint density at radius 3 is 2.46 bits per heavy atom. The largest absolute Gasteiger partial charge is 0.489 e. The molecule has 0 saturated heterocycles. The third kappa shape index (κ3) is 4.72. The molecule has 0 fully saturated rings. The topological polar surface area (TPSA) is 78.8 Å². The summed E-state index contributed by atoms with van der Waals surface area (Å²) in [5.74, 6) is 0.292. The summed E-state index contributed by atoms with van der Waals surface area (Å²) < 4.78 is 5.74. The van der Waals surface area contributed by atoms with Crippen LogP contribution in [0.15, 0.2) is 78.9 Å². The minimum Gasteiger partial charge on any atom is -0.489 e. The lowest BCUT2D eigenvalue weighted by molar-refractivity contribution is 0.102. The molecule has 0 heterocycles. The van der Waals surface area contributed by atoms with Crippen LogP contribution in [0.5, 0.6) is 5.75 Å². The van der Waals surface area contributed by atoms with Crippen molar-refractivity contribution in [3.8, 4) is 5.75 Å². The predicted octanol–water partition coefficient (Wildman–Crippen LogP) is 2.20. The molecule has 6 heteroatoms. The molecule has 0 unspecified atom stereocenters. The fourth-order valence-electron chi connectivity index (χ4n) is 2.45. The van der Waals surface area contributed by atoms with Gasteiger partial charge in [0, 0.05) is 11.3 Å². The highest BCUT2D eigenvalue weighted by Gasteiger charge is 2.12. The first kappa shape index (κ1) is 17.7. The van der Waals surface area contributed by atoms with E-state index in [0.717, 1.165) is 5.56 Å². The van der Waals surface area contributed by atoms with Crippen LogP contribution in [0.1, 0.15) is 15.9 Å². The van der Waals surface area contributed by atoms with Crippen LogP contribution in [0.2, 0.25) is 0 Å². The fourth-order valence-corrected chi connectivity index (χ4v) is 2.45. The third-order valence-electron chi connectivity index (χ3n) is 3.79. The smallest absolute Gasteiger partial charge is 0.488 e. The van der Waals surface area contributed by atoms with E-state index in [0.29, 0.717) is 29.1 Å². The van der Waals surface area contributed by atoms with Gasteiger partial charge in [-0.15, -0.1) is 0 Å². The van der Waals surface area contributed by atoms with Gasteiger partial charge >= 0.3 is 7.12 Å². The molecule has 1 amide bonds. The average Bonchev–Trinajstić information content (AvgIpc) is 2.67. The minimum atomic E-state index is -1.58. The number of benzene rings is 3. The van der Waals surface area contributed by atoms with Crippen molar-refractivity contribution in [2.45, 2.75) is 6.61 Å². The molecular formula is C20H18BNO4. The first-order valence-electron chi connectivity index (χ1n) is 8.16. The maximum atomic E-state index is 12.4. The minimum absolute atomic E-state index is 0.306. The Hall–Kier alpha value is -3.09. The molecule has 0 aromatic heterocycles. The van der Waals surface area contributed by atoms with Crippen LogP contribution in [0.3, 0.4) is 0 Å². The van der Waals surface area contributed by atoms with E-state index in [2.05, 4.69) is 5.32 Å². The van der Waals surface area contributed by atoms with Gasteiger partial charge in [0.05, 0.1) is 0 Å². The van der Waals surface area contributed by atoms with Gasteiger partial charge in [0.15, 0.2) is 0 Å². The van der Waals surface area contributed by atoms with Crippen LogP contribution in [0.4, 0.5) is 5.69 Å². The van der Waals surface area contributed by atoms with Crippen molar-refractivity contribution in [1.29, 1.82) is 0 Å². The molecular weight excluding hydrogens is 329 g/mol. The molecule has 3 aromatic rings. The number of amides is 1. The van der Waals surface area contributed by atoms with E-state index in [1.54, 1.807) is 42.5 Å². The molecule has 0 bridgehead atoms. The average molecular weight is 347 g/mol. The van der Waals surface area contributed by atoms with Crippen LogP contribution in [-0.4, -0.2) is 23.1 Å². The summed E-state index contributed by atoms with van der Waals surface area (Å²) in [5.41, 5.74) is 2.28. The summed E-state index contributed by atoms with van der Waals surface area (Å²) >= 11 is 0. The molecule has 26 heavy (non-hydrogen) atoms. The number of ether oxygens (including phenoxy) is 1. The van der Waals surface area contributed by atoms with Gasteiger partial charge in [-0.2, -0.15) is 0 Å². The molecule has 0 aliphatic rings. The summed E-state index contributed by atoms with van der Waals surface area (Å²) in [4.78, 5) is 12.4. The molecule has 130 valence electrons. The number of anilines is 1. The lowest BCUT2D eigenvalue weighted by atomic mass is 9.80. The van der Waals surface area contributed by atoms with Crippen LogP contribution in [0, 0.1) is 0 Å². The number of nitrogens with one attached hydrogen (secondary N) is 1. The van der Waals surface area contributed by atoms with Crippen LogP contribution in [0.25, 0.3) is 0 Å². The Morgan fingerprint density at radius 2 is 1.69 bits per heavy atom. The lowest BCUT2D eigenvalue weighted by Crippen LogP contribution is -2.30. The summed E-state index contributed by atoms with van der Waals surface area (Å²) in [7, 11) is -1.58. The summed E-state index contributed by atoms with van der Waals surface area (Å²) in [6.07, 6.45) is 0. The van der Waals surface area contributed by atoms with Crippen molar-refractivity contribution >= 4 is 24.2 Å². The summed E-state index contributed by atoms with van der Waals surface area (Å²) in [5, 5.41) is 21.2. The van der Waals surface area contributed by atoms with Gasteiger partial charge in [0.2, 0.25) is 0 Å². The number of carbonyl (C=O) groups excluding carboxylic acids is 1. The number of carbonyl (C=O) groups is 1. The van der Waals surface area contributed by atoms with Crippen molar-refractivity contribution in [3.05, 3.63) is 90.0 Å². The second kappa shape index (κ2) is 8.33. The predicted molar refractivity (Wildman–Crippen MR) is 101 cm³/mol. The molecule has 0 saturated carbocycles. The quantitative estimate of drug-likeness (QED) is 0.598. The fraction of sp³-hybridized carbons (Fsp3) is 0.0500. The van der Waals surface area contributed by atoms with Crippen molar-refractivity contribution in [2.24, 2.45) is 0 Å². The highest BCUT2D eigenvalue weighted by molar-refractivity contribution is 6.58. The number of hydrogen-bond donors (Lipinski definition) is 3. The highest BCUT2D eigenvalue weighted by Crippen LogP contribution is 2.16. The van der Waals surface area contributed by atoms with E-state index >= 15 is 0 Å². The Balaban J connectivity index is 1.67. The Labute approximate surface area is 152 Å². The Kier molecular flexibility index (Phi) is 5.68. The van der Waals surface area contributed by atoms with E-state index in [-0.39, 0.29) is 5.91 Å². The standard InChI is InChI=1S/C20H18BNO4/c23-20(22-18-10-5-9-17(13-18)21(24)25)16-8-4-11-19(12-16)26-14-15-6-2-1-3-7-15/h1-13,24-25H,14H2,(H,22,23). The highest BCUT2D eigenvalue weighted by atomic mass is 16.5. The van der Waals surface area contributed by atoms with Crippen molar-refractivity contribution < 1.29 is 19.6 Å². The van der Waals surface area contributed by atoms with Gasteiger partial charge in [-0.25, -0.2) is 0 Å². The molecule has 0 spiro atoms. The normalized spacial score (nSPS) is 10.2. The van der Waals surface area contributed by atoms with Crippen molar-refractivity contribution in [1.82, 2.24) is 0 Å². The van der Waals surface area contributed by atoms with E-state index in [1.165, 1.54) is 6.07 Å². The molecule has 0 aliphatic carbocycles. The first-order chi connectivity index (χ1) is 12.6. The van der Waals surface area contributed by atoms with Crippen molar-refractivity contribution in [3.63, 3.8) is 0 Å².